The van der Waals surface area contributed by atoms with Crippen molar-refractivity contribution in [1.82, 2.24) is 24.9 Å². The van der Waals surface area contributed by atoms with Crippen molar-refractivity contribution in [2.75, 3.05) is 5.32 Å². The number of halogens is 3. The number of hydrogen-bond acceptors (Lipinski definition) is 5. The highest BCUT2D eigenvalue weighted by Crippen LogP contribution is 2.36. The molecule has 0 bridgehead atoms. The van der Waals surface area contributed by atoms with Gasteiger partial charge in [-0.15, -0.1) is 0 Å². The second-order valence-electron chi connectivity index (χ2n) is 7.08. The van der Waals surface area contributed by atoms with E-state index < -0.39 is 11.6 Å². The highest BCUT2D eigenvalue weighted by atomic mass is 35.5. The van der Waals surface area contributed by atoms with Crippen LogP contribution in [0.5, 0.6) is 0 Å². The Bertz CT molecular complexity index is 1430. The number of H-pyrrole nitrogens is 1. The van der Waals surface area contributed by atoms with Crippen LogP contribution in [0.15, 0.2) is 55.1 Å². The van der Waals surface area contributed by atoms with Crippen LogP contribution in [0, 0.1) is 11.6 Å². The van der Waals surface area contributed by atoms with Crippen LogP contribution < -0.4 is 5.32 Å². The summed E-state index contributed by atoms with van der Waals surface area (Å²) in [7, 11) is 0. The van der Waals surface area contributed by atoms with Crippen LogP contribution in [0.1, 0.15) is 18.5 Å². The molecule has 0 unspecified atom stereocenters. The fourth-order valence-corrected chi connectivity index (χ4v) is 3.75. The van der Waals surface area contributed by atoms with Gasteiger partial charge < -0.3 is 10.3 Å². The van der Waals surface area contributed by atoms with Crippen LogP contribution in [0.3, 0.4) is 0 Å². The predicted octanol–water partition coefficient (Wildman–Crippen LogP) is 5.67. The first kappa shape index (κ1) is 19.3. The smallest absolute Gasteiger partial charge is 0.182 e. The zero-order valence-corrected chi connectivity index (χ0v) is 17.0. The van der Waals surface area contributed by atoms with Crippen LogP contribution in [-0.2, 0) is 0 Å². The van der Waals surface area contributed by atoms with Crippen molar-refractivity contribution < 1.29 is 8.78 Å². The molecule has 0 radical (unpaired) electrons. The number of nitrogens with one attached hydrogen (secondary N) is 2. The molecule has 0 amide bonds. The minimum atomic E-state index is -0.443. The number of pyridine rings is 1. The maximum Gasteiger partial charge on any atom is 0.182 e. The van der Waals surface area contributed by atoms with Gasteiger partial charge in [0.25, 0.3) is 0 Å². The lowest BCUT2D eigenvalue weighted by molar-refractivity contribution is 0.628. The lowest BCUT2D eigenvalue weighted by Gasteiger charge is -2.20. The summed E-state index contributed by atoms with van der Waals surface area (Å²) in [5.41, 5.74) is 3.27. The summed E-state index contributed by atoms with van der Waals surface area (Å²) in [6, 6.07) is 10.0. The number of aromatic amines is 1. The Labute approximate surface area is 180 Å². The van der Waals surface area contributed by atoms with Gasteiger partial charge in [-0.2, -0.15) is 0 Å². The topological polar surface area (TPSA) is 79.4 Å². The lowest BCUT2D eigenvalue weighted by Crippen LogP contribution is -2.11. The number of aromatic nitrogens is 5. The molecule has 9 heteroatoms. The molecule has 2 aromatic carbocycles. The Morgan fingerprint density at radius 2 is 1.81 bits per heavy atom. The van der Waals surface area contributed by atoms with Gasteiger partial charge >= 0.3 is 0 Å². The SMILES string of the molecule is C[C@H](Nc1ncnc2nc[nH]c12)c1cc2ccc(F)cc2nc1-c1cc(F)ccc1Cl. The zero-order chi connectivity index (χ0) is 21.5. The third-order valence-corrected chi connectivity index (χ3v) is 5.37. The number of nitrogens with zero attached hydrogens (tertiary/aromatic N) is 4. The molecule has 154 valence electrons. The normalized spacial score (nSPS) is 12.4. The fraction of sp³-hybridized carbons (Fsp3) is 0.0909. The third kappa shape index (κ3) is 3.55. The van der Waals surface area contributed by atoms with E-state index in [2.05, 4.69) is 30.2 Å². The molecule has 0 aliphatic rings. The second-order valence-corrected chi connectivity index (χ2v) is 7.48. The Morgan fingerprint density at radius 1 is 1.00 bits per heavy atom. The van der Waals surface area contributed by atoms with Crippen molar-refractivity contribution >= 4 is 39.5 Å². The second kappa shape index (κ2) is 7.55. The molecule has 0 saturated heterocycles. The Morgan fingerprint density at radius 3 is 2.68 bits per heavy atom. The van der Waals surface area contributed by atoms with Crippen molar-refractivity contribution in [2.45, 2.75) is 13.0 Å². The number of benzene rings is 2. The molecular weight excluding hydrogens is 422 g/mol. The number of imidazole rings is 1. The number of anilines is 1. The first-order chi connectivity index (χ1) is 15.0. The first-order valence-corrected chi connectivity index (χ1v) is 9.83. The fourth-order valence-electron chi connectivity index (χ4n) is 3.54. The highest BCUT2D eigenvalue weighted by Gasteiger charge is 2.19. The minimum Gasteiger partial charge on any atom is -0.362 e. The van der Waals surface area contributed by atoms with E-state index in [4.69, 9.17) is 11.6 Å². The van der Waals surface area contributed by atoms with Crippen molar-refractivity contribution in [2.24, 2.45) is 0 Å². The van der Waals surface area contributed by atoms with Crippen molar-refractivity contribution in [3.8, 4) is 11.3 Å². The summed E-state index contributed by atoms with van der Waals surface area (Å²) in [5.74, 6) is -0.287. The largest absolute Gasteiger partial charge is 0.362 e. The summed E-state index contributed by atoms with van der Waals surface area (Å²) in [6.07, 6.45) is 2.96. The summed E-state index contributed by atoms with van der Waals surface area (Å²) in [4.78, 5) is 20.2. The minimum absolute atomic E-state index is 0.308. The third-order valence-electron chi connectivity index (χ3n) is 5.04. The number of rotatable bonds is 4. The lowest BCUT2D eigenvalue weighted by atomic mass is 9.98. The molecule has 5 aromatic rings. The van der Waals surface area contributed by atoms with E-state index in [9.17, 15) is 8.78 Å². The molecule has 2 N–H and O–H groups in total. The molecule has 3 heterocycles. The van der Waals surface area contributed by atoms with E-state index in [0.29, 0.717) is 38.8 Å². The Hall–Kier alpha value is -3.65. The van der Waals surface area contributed by atoms with Gasteiger partial charge in [0.1, 0.15) is 23.5 Å². The maximum atomic E-state index is 14.0. The Kier molecular flexibility index (Phi) is 4.71. The van der Waals surface area contributed by atoms with Gasteiger partial charge in [0, 0.05) is 22.6 Å². The van der Waals surface area contributed by atoms with E-state index in [-0.39, 0.29) is 6.04 Å². The molecule has 3 aromatic heterocycles. The van der Waals surface area contributed by atoms with Gasteiger partial charge in [-0.05, 0) is 43.3 Å². The van der Waals surface area contributed by atoms with E-state index in [1.165, 1.54) is 36.7 Å². The summed E-state index contributed by atoms with van der Waals surface area (Å²) < 4.78 is 27.9. The van der Waals surface area contributed by atoms with Crippen LogP contribution in [-0.4, -0.2) is 24.9 Å². The molecule has 0 aliphatic carbocycles. The van der Waals surface area contributed by atoms with Gasteiger partial charge in [-0.1, -0.05) is 11.6 Å². The molecule has 31 heavy (non-hydrogen) atoms. The maximum absolute atomic E-state index is 14.0. The quantitative estimate of drug-likeness (QED) is 0.379. The van der Waals surface area contributed by atoms with Gasteiger partial charge in [0.15, 0.2) is 11.5 Å². The molecule has 0 saturated carbocycles. The Balaban J connectivity index is 1.68. The van der Waals surface area contributed by atoms with Gasteiger partial charge in [0.05, 0.1) is 28.6 Å². The number of hydrogen-bond donors (Lipinski definition) is 2. The van der Waals surface area contributed by atoms with E-state index in [1.807, 2.05) is 13.0 Å². The summed E-state index contributed by atoms with van der Waals surface area (Å²) in [5, 5.41) is 4.42. The van der Waals surface area contributed by atoms with E-state index in [0.717, 1.165) is 10.9 Å². The standard InChI is InChI=1S/C22H15ClF2N6/c1-11(30-22-20-21(27-9-26-20)28-10-29-22)15-6-12-2-3-14(25)8-18(12)31-19(15)16-7-13(24)4-5-17(16)23/h2-11H,1H3,(H2,26,27,28,29,30)/t11-/m0/s1. The molecule has 6 nitrogen and oxygen atoms in total. The molecule has 0 aliphatic heterocycles. The summed E-state index contributed by atoms with van der Waals surface area (Å²) in [6.45, 7) is 1.92. The molecule has 0 fully saturated rings. The average molecular weight is 437 g/mol. The molecule has 1 atom stereocenters. The first-order valence-electron chi connectivity index (χ1n) is 9.46. The van der Waals surface area contributed by atoms with Crippen molar-refractivity contribution in [1.29, 1.82) is 0 Å². The highest BCUT2D eigenvalue weighted by molar-refractivity contribution is 6.33. The van der Waals surface area contributed by atoms with Gasteiger partial charge in [0.2, 0.25) is 0 Å². The van der Waals surface area contributed by atoms with Gasteiger partial charge in [-0.3, -0.25) is 0 Å². The molecule has 5 rings (SSSR count). The molecule has 0 spiro atoms. The zero-order valence-electron chi connectivity index (χ0n) is 16.2. The van der Waals surface area contributed by atoms with E-state index >= 15 is 0 Å². The predicted molar refractivity (Wildman–Crippen MR) is 116 cm³/mol. The van der Waals surface area contributed by atoms with Crippen LogP contribution >= 0.6 is 11.6 Å². The van der Waals surface area contributed by atoms with Crippen LogP contribution in [0.4, 0.5) is 14.6 Å². The number of fused-ring (bicyclic) bond motifs is 2. The van der Waals surface area contributed by atoms with Gasteiger partial charge in [-0.25, -0.2) is 28.7 Å². The van der Waals surface area contributed by atoms with Crippen molar-refractivity contribution in [3.05, 3.63) is 77.3 Å². The van der Waals surface area contributed by atoms with Crippen LogP contribution in [0.25, 0.3) is 33.3 Å². The average Bonchev–Trinajstić information content (AvgIpc) is 3.24. The van der Waals surface area contributed by atoms with Crippen molar-refractivity contribution in [3.63, 3.8) is 0 Å². The van der Waals surface area contributed by atoms with Crippen LogP contribution in [0.2, 0.25) is 5.02 Å². The summed E-state index contributed by atoms with van der Waals surface area (Å²) >= 11 is 6.38. The molecular formula is C22H15ClF2N6. The van der Waals surface area contributed by atoms with E-state index in [1.54, 1.807) is 12.4 Å². The monoisotopic (exact) mass is 436 g/mol.